The Kier molecular flexibility index (Phi) is 7.26. The molecule has 0 saturated heterocycles. The number of anilines is 1. The molecule has 194 valence electrons. The van der Waals surface area contributed by atoms with Gasteiger partial charge in [0.05, 0.1) is 31.4 Å². The third-order valence-electron chi connectivity index (χ3n) is 6.12. The van der Waals surface area contributed by atoms with Gasteiger partial charge in [-0.2, -0.15) is 0 Å². The normalized spacial score (nSPS) is 13.3. The van der Waals surface area contributed by atoms with Crippen LogP contribution in [0.4, 0.5) is 10.5 Å². The number of hydrogen-bond donors (Lipinski definition) is 2. The molecule has 1 aromatic heterocycles. The lowest BCUT2D eigenvalue weighted by atomic mass is 9.98. The number of aliphatic carboxylic acids is 1. The van der Waals surface area contributed by atoms with Crippen LogP contribution >= 0.6 is 0 Å². The summed E-state index contributed by atoms with van der Waals surface area (Å²) in [6.45, 7) is 2.70. The zero-order valence-electron chi connectivity index (χ0n) is 20.7. The molecule has 9 nitrogen and oxygen atoms in total. The molecule has 0 spiro atoms. The number of ether oxygens (including phenoxy) is 3. The molecule has 1 atom stereocenters. The van der Waals surface area contributed by atoms with E-state index in [1.807, 2.05) is 54.6 Å². The van der Waals surface area contributed by atoms with Crippen LogP contribution < -0.4 is 14.8 Å². The van der Waals surface area contributed by atoms with Crippen molar-refractivity contribution in [3.05, 3.63) is 84.1 Å². The average Bonchev–Trinajstić information content (AvgIpc) is 3.22. The average molecular weight is 515 g/mol. The first-order valence-electron chi connectivity index (χ1n) is 12.2. The minimum atomic E-state index is -0.887. The van der Waals surface area contributed by atoms with Gasteiger partial charge in [-0.15, -0.1) is 0 Å². The summed E-state index contributed by atoms with van der Waals surface area (Å²) >= 11 is 0. The van der Waals surface area contributed by atoms with Crippen LogP contribution in [0, 0.1) is 0 Å². The van der Waals surface area contributed by atoms with Crippen molar-refractivity contribution in [3.8, 4) is 33.9 Å². The summed E-state index contributed by atoms with van der Waals surface area (Å²) in [7, 11) is 0. The molecule has 0 fully saturated rings. The van der Waals surface area contributed by atoms with E-state index < -0.39 is 18.2 Å². The number of carbonyl (C=O) groups excluding carboxylic acids is 1. The van der Waals surface area contributed by atoms with Gasteiger partial charge >= 0.3 is 12.1 Å². The summed E-state index contributed by atoms with van der Waals surface area (Å²) in [5.74, 6) is 0.427. The quantitative estimate of drug-likeness (QED) is 0.303. The number of nitrogens with one attached hydrogen (secondary N) is 1. The molecule has 0 saturated carbocycles. The Morgan fingerprint density at radius 3 is 2.37 bits per heavy atom. The molecule has 38 heavy (non-hydrogen) atoms. The number of benzene rings is 3. The van der Waals surface area contributed by atoms with Crippen molar-refractivity contribution in [2.75, 3.05) is 18.5 Å². The highest BCUT2D eigenvalue weighted by molar-refractivity contribution is 5.92. The Hall–Kier alpha value is -4.79. The van der Waals surface area contributed by atoms with Crippen molar-refractivity contribution >= 4 is 17.7 Å². The van der Waals surface area contributed by atoms with Crippen LogP contribution in [0.5, 0.6) is 11.5 Å². The summed E-state index contributed by atoms with van der Waals surface area (Å²) in [5, 5.41) is 15.7. The molecular formula is C29H26N2O7. The number of nitrogens with zero attached hydrogens (tertiary/aromatic N) is 1. The van der Waals surface area contributed by atoms with Crippen molar-refractivity contribution in [3.63, 3.8) is 0 Å². The lowest BCUT2D eigenvalue weighted by Crippen LogP contribution is -2.16. The number of rotatable bonds is 7. The largest absolute Gasteiger partial charge is 0.489 e. The van der Waals surface area contributed by atoms with Crippen molar-refractivity contribution in [2.24, 2.45) is 0 Å². The smallest absolute Gasteiger partial charge is 0.412 e. The van der Waals surface area contributed by atoms with Crippen molar-refractivity contribution < 1.29 is 33.4 Å². The summed E-state index contributed by atoms with van der Waals surface area (Å²) in [4.78, 5) is 23.7. The van der Waals surface area contributed by atoms with Crippen LogP contribution in [0.1, 0.15) is 30.6 Å². The monoisotopic (exact) mass is 514 g/mol. The minimum Gasteiger partial charge on any atom is -0.489 e. The van der Waals surface area contributed by atoms with Gasteiger partial charge < -0.3 is 23.8 Å². The van der Waals surface area contributed by atoms with E-state index in [0.717, 1.165) is 16.7 Å². The highest BCUT2D eigenvalue weighted by Crippen LogP contribution is 2.47. The molecule has 1 amide bonds. The maximum Gasteiger partial charge on any atom is 0.412 e. The number of carboxylic acid groups (broad SMARTS) is 1. The van der Waals surface area contributed by atoms with Crippen LogP contribution in [0.25, 0.3) is 22.5 Å². The van der Waals surface area contributed by atoms with E-state index >= 15 is 0 Å². The molecule has 0 bridgehead atoms. The molecule has 1 aliphatic rings. The molecule has 3 aromatic carbocycles. The first-order valence-corrected chi connectivity index (χ1v) is 12.2. The van der Waals surface area contributed by atoms with E-state index in [9.17, 15) is 9.59 Å². The van der Waals surface area contributed by atoms with Crippen LogP contribution in [0.2, 0.25) is 0 Å². The summed E-state index contributed by atoms with van der Waals surface area (Å²) < 4.78 is 23.3. The Labute approximate surface area is 218 Å². The fourth-order valence-corrected chi connectivity index (χ4v) is 4.25. The van der Waals surface area contributed by atoms with E-state index in [-0.39, 0.29) is 6.42 Å². The molecule has 1 unspecified atom stereocenters. The molecule has 0 aliphatic carbocycles. The molecule has 1 aliphatic heterocycles. The third kappa shape index (κ3) is 5.46. The highest BCUT2D eigenvalue weighted by atomic mass is 16.6. The number of carboxylic acids is 1. The van der Waals surface area contributed by atoms with Crippen molar-refractivity contribution in [1.82, 2.24) is 5.16 Å². The molecule has 5 rings (SSSR count). The lowest BCUT2D eigenvalue weighted by Gasteiger charge is -2.17. The first-order chi connectivity index (χ1) is 18.5. The molecule has 4 aromatic rings. The summed E-state index contributed by atoms with van der Waals surface area (Å²) in [6.07, 6.45) is 0.949. The van der Waals surface area contributed by atoms with E-state index in [1.54, 1.807) is 19.1 Å². The van der Waals surface area contributed by atoms with Gasteiger partial charge in [0.15, 0.2) is 17.3 Å². The van der Waals surface area contributed by atoms with Gasteiger partial charge in [-0.25, -0.2) is 4.79 Å². The van der Waals surface area contributed by atoms with E-state index in [4.69, 9.17) is 23.8 Å². The zero-order chi connectivity index (χ0) is 26.5. The van der Waals surface area contributed by atoms with Gasteiger partial charge in [0.25, 0.3) is 0 Å². The van der Waals surface area contributed by atoms with Gasteiger partial charge in [-0.1, -0.05) is 59.8 Å². The summed E-state index contributed by atoms with van der Waals surface area (Å²) in [5.41, 5.74) is 4.11. The minimum absolute atomic E-state index is 0.0508. The molecule has 9 heteroatoms. The first kappa shape index (κ1) is 24.9. The number of fused-ring (bicyclic) bond motifs is 1. The lowest BCUT2D eigenvalue weighted by molar-refractivity contribution is -0.136. The van der Waals surface area contributed by atoms with E-state index in [0.29, 0.717) is 53.7 Å². The predicted molar refractivity (Wildman–Crippen MR) is 139 cm³/mol. The number of hydrogen-bond acceptors (Lipinski definition) is 7. The van der Waals surface area contributed by atoms with Crippen LogP contribution in [-0.2, 0) is 16.0 Å². The van der Waals surface area contributed by atoms with Gasteiger partial charge in [0.1, 0.15) is 11.8 Å². The Bertz CT molecular complexity index is 1430. The van der Waals surface area contributed by atoms with Crippen molar-refractivity contribution in [1.29, 1.82) is 0 Å². The summed E-state index contributed by atoms with van der Waals surface area (Å²) in [6, 6.07) is 20.4. The Morgan fingerprint density at radius 1 is 0.974 bits per heavy atom. The molecule has 0 radical (unpaired) electrons. The second-order valence-corrected chi connectivity index (χ2v) is 8.79. The second kappa shape index (κ2) is 11.1. The van der Waals surface area contributed by atoms with Crippen LogP contribution in [0.15, 0.2) is 77.4 Å². The van der Waals surface area contributed by atoms with Gasteiger partial charge in [0, 0.05) is 12.0 Å². The second-order valence-electron chi connectivity index (χ2n) is 8.79. The standard InChI is InChI=1S/C29H26N2O7/c1-18(20-6-3-2-4-7-20)37-29(34)31-24-17-30-38-26(24)23-13-12-22(27-28(23)36-15-5-14-35-27)21-10-8-19(9-11-21)16-25(32)33/h2-4,6-13,17-18H,5,14-16H2,1H3,(H,31,34)(H,32,33). The Morgan fingerprint density at radius 2 is 1.66 bits per heavy atom. The fraction of sp³-hybridized carbons (Fsp3) is 0.207. The van der Waals surface area contributed by atoms with Gasteiger partial charge in [0.2, 0.25) is 0 Å². The van der Waals surface area contributed by atoms with Gasteiger partial charge in [-0.05, 0) is 35.7 Å². The number of aromatic nitrogens is 1. The highest BCUT2D eigenvalue weighted by Gasteiger charge is 2.26. The topological polar surface area (TPSA) is 120 Å². The van der Waals surface area contributed by atoms with Gasteiger partial charge in [-0.3, -0.25) is 10.1 Å². The predicted octanol–water partition coefficient (Wildman–Crippen LogP) is 6.11. The van der Waals surface area contributed by atoms with E-state index in [2.05, 4.69) is 10.5 Å². The Balaban J connectivity index is 1.43. The third-order valence-corrected chi connectivity index (χ3v) is 6.12. The molecule has 2 heterocycles. The van der Waals surface area contributed by atoms with Crippen molar-refractivity contribution in [2.45, 2.75) is 25.9 Å². The van der Waals surface area contributed by atoms with Crippen LogP contribution in [-0.4, -0.2) is 35.5 Å². The number of amides is 1. The fourth-order valence-electron chi connectivity index (χ4n) is 4.25. The van der Waals surface area contributed by atoms with E-state index in [1.165, 1.54) is 6.20 Å². The van der Waals surface area contributed by atoms with Crippen LogP contribution in [0.3, 0.4) is 0 Å². The maximum atomic E-state index is 12.7. The molecular weight excluding hydrogens is 488 g/mol. The zero-order valence-corrected chi connectivity index (χ0v) is 20.7. The SMILES string of the molecule is CC(OC(=O)Nc1cnoc1-c1ccc(-c2ccc(CC(=O)O)cc2)c2c1OCCCO2)c1ccccc1. The number of carbonyl (C=O) groups is 2. The molecule has 2 N–H and O–H groups in total. The maximum absolute atomic E-state index is 12.7.